The number of nitrogens with one attached hydrogen (secondary N) is 1. The van der Waals surface area contributed by atoms with Crippen molar-refractivity contribution in [3.63, 3.8) is 0 Å². The first-order valence-corrected chi connectivity index (χ1v) is 8.98. The van der Waals surface area contributed by atoms with E-state index in [1.54, 1.807) is 11.6 Å². The zero-order valence-corrected chi connectivity index (χ0v) is 15.8. The van der Waals surface area contributed by atoms with E-state index < -0.39 is 0 Å². The Kier molecular flexibility index (Phi) is 5.16. The molecule has 1 N–H and O–H groups in total. The second kappa shape index (κ2) is 8.06. The van der Waals surface area contributed by atoms with Crippen molar-refractivity contribution in [2.24, 2.45) is 0 Å². The quantitative estimate of drug-likeness (QED) is 0.527. The van der Waals surface area contributed by atoms with Crippen LogP contribution in [0.15, 0.2) is 60.9 Å². The highest BCUT2D eigenvalue weighted by Crippen LogP contribution is 2.26. The molecule has 0 unspecified atom stereocenters. The van der Waals surface area contributed by atoms with Crippen LogP contribution in [0.5, 0.6) is 11.5 Å². The van der Waals surface area contributed by atoms with Crippen molar-refractivity contribution in [1.29, 1.82) is 0 Å². The van der Waals surface area contributed by atoms with E-state index in [0.29, 0.717) is 18.9 Å². The molecule has 0 atom stereocenters. The minimum atomic E-state index is 0.408. The highest BCUT2D eigenvalue weighted by atomic mass is 16.5. The van der Waals surface area contributed by atoms with Gasteiger partial charge in [0.2, 0.25) is 0 Å². The smallest absolute Gasteiger partial charge is 0.254 e. The predicted molar refractivity (Wildman–Crippen MR) is 107 cm³/mol. The number of aromatic nitrogens is 4. The third-order valence-corrected chi connectivity index (χ3v) is 4.25. The van der Waals surface area contributed by atoms with Gasteiger partial charge >= 0.3 is 0 Å². The number of fused-ring (bicyclic) bond motifs is 1. The van der Waals surface area contributed by atoms with E-state index in [1.165, 1.54) is 6.33 Å². The van der Waals surface area contributed by atoms with Crippen molar-refractivity contribution in [2.45, 2.75) is 20.1 Å². The number of para-hydroxylation sites is 1. The van der Waals surface area contributed by atoms with Gasteiger partial charge in [-0.05, 0) is 30.7 Å². The van der Waals surface area contributed by atoms with Crippen LogP contribution >= 0.6 is 0 Å². The molecule has 4 aromatic rings. The summed E-state index contributed by atoms with van der Waals surface area (Å²) in [4.78, 5) is 8.60. The largest absolute Gasteiger partial charge is 0.457 e. The van der Waals surface area contributed by atoms with Crippen molar-refractivity contribution in [1.82, 2.24) is 19.6 Å². The summed E-state index contributed by atoms with van der Waals surface area (Å²) in [5.41, 5.74) is 2.97. The Hall–Kier alpha value is -3.45. The maximum Gasteiger partial charge on any atom is 0.254 e. The maximum atomic E-state index is 6.11. The summed E-state index contributed by atoms with van der Waals surface area (Å²) in [6.07, 6.45) is 1.49. The number of ether oxygens (including phenoxy) is 2. The van der Waals surface area contributed by atoms with Gasteiger partial charge in [-0.25, -0.2) is 4.98 Å². The van der Waals surface area contributed by atoms with Crippen LogP contribution in [0.3, 0.4) is 0 Å². The van der Waals surface area contributed by atoms with Crippen LogP contribution in [0.25, 0.3) is 5.78 Å². The van der Waals surface area contributed by atoms with Gasteiger partial charge in [-0.15, -0.1) is 0 Å². The van der Waals surface area contributed by atoms with Crippen LogP contribution in [-0.4, -0.2) is 26.7 Å². The average Bonchev–Trinajstić information content (AvgIpc) is 3.16. The Morgan fingerprint density at radius 2 is 1.96 bits per heavy atom. The summed E-state index contributed by atoms with van der Waals surface area (Å²) in [6, 6.07) is 17.9. The zero-order valence-electron chi connectivity index (χ0n) is 15.8. The van der Waals surface area contributed by atoms with E-state index >= 15 is 0 Å². The Morgan fingerprint density at radius 1 is 1.07 bits per heavy atom. The van der Waals surface area contributed by atoms with Crippen LogP contribution in [0.1, 0.15) is 16.8 Å². The fourth-order valence-corrected chi connectivity index (χ4v) is 2.95. The lowest BCUT2D eigenvalue weighted by atomic mass is 10.2. The van der Waals surface area contributed by atoms with E-state index in [-0.39, 0.29) is 0 Å². The maximum absolute atomic E-state index is 6.11. The van der Waals surface area contributed by atoms with Crippen LogP contribution in [-0.2, 0) is 17.9 Å². The number of methoxy groups -OCH3 is 1. The predicted octanol–water partition coefficient (Wildman–Crippen LogP) is 3.98. The number of rotatable bonds is 7. The summed E-state index contributed by atoms with van der Waals surface area (Å²) < 4.78 is 13.0. The lowest BCUT2D eigenvalue weighted by Crippen LogP contribution is -2.08. The number of benzene rings is 2. The molecule has 0 aliphatic rings. The molecule has 0 saturated carbocycles. The van der Waals surface area contributed by atoms with Crippen molar-refractivity contribution < 1.29 is 9.47 Å². The third kappa shape index (κ3) is 3.94. The van der Waals surface area contributed by atoms with Gasteiger partial charge < -0.3 is 14.8 Å². The molecule has 0 amide bonds. The number of hydrogen-bond donors (Lipinski definition) is 1. The summed E-state index contributed by atoms with van der Waals surface area (Å²) in [6.45, 7) is 3.02. The van der Waals surface area contributed by atoms with Crippen LogP contribution in [0, 0.1) is 6.92 Å². The van der Waals surface area contributed by atoms with Gasteiger partial charge in [0.05, 0.1) is 12.3 Å². The minimum absolute atomic E-state index is 0.408. The number of aryl methyl sites for hydroxylation is 1. The highest BCUT2D eigenvalue weighted by molar-refractivity contribution is 5.47. The topological polar surface area (TPSA) is 73.6 Å². The molecule has 142 valence electrons. The Bertz CT molecular complexity index is 1090. The molecule has 0 spiro atoms. The molecule has 0 aliphatic heterocycles. The molecule has 2 heterocycles. The van der Waals surface area contributed by atoms with E-state index in [9.17, 15) is 0 Å². The third-order valence-electron chi connectivity index (χ3n) is 4.25. The second-order valence-corrected chi connectivity index (χ2v) is 6.42. The number of anilines is 1. The fourth-order valence-electron chi connectivity index (χ4n) is 2.95. The molecule has 2 aromatic carbocycles. The molecule has 7 nitrogen and oxygen atoms in total. The zero-order chi connectivity index (χ0) is 19.3. The van der Waals surface area contributed by atoms with E-state index in [4.69, 9.17) is 9.47 Å². The SMILES string of the molecule is COCc1cc(NCc2ccccc2Oc2cccc(C)c2)n2ncnc2n1. The average molecular weight is 375 g/mol. The first kappa shape index (κ1) is 17.9. The molecular weight excluding hydrogens is 354 g/mol. The summed E-state index contributed by atoms with van der Waals surface area (Å²) in [5.74, 6) is 2.94. The number of hydrogen-bond acceptors (Lipinski definition) is 6. The summed E-state index contributed by atoms with van der Waals surface area (Å²) in [7, 11) is 1.64. The second-order valence-electron chi connectivity index (χ2n) is 6.42. The molecule has 0 aliphatic carbocycles. The monoisotopic (exact) mass is 375 g/mol. The first-order chi connectivity index (χ1) is 13.7. The molecule has 0 bridgehead atoms. The minimum Gasteiger partial charge on any atom is -0.457 e. The van der Waals surface area contributed by atoms with E-state index in [0.717, 1.165) is 34.1 Å². The van der Waals surface area contributed by atoms with E-state index in [1.807, 2.05) is 61.5 Å². The molecule has 0 fully saturated rings. The van der Waals surface area contributed by atoms with Gasteiger partial charge in [0.15, 0.2) is 0 Å². The van der Waals surface area contributed by atoms with Crippen molar-refractivity contribution in [3.05, 3.63) is 77.7 Å². The molecular formula is C21H21N5O2. The van der Waals surface area contributed by atoms with Gasteiger partial charge in [0, 0.05) is 25.3 Å². The van der Waals surface area contributed by atoms with Gasteiger partial charge in [0.25, 0.3) is 5.78 Å². The first-order valence-electron chi connectivity index (χ1n) is 8.98. The van der Waals surface area contributed by atoms with Gasteiger partial charge in [0.1, 0.15) is 23.6 Å². The number of nitrogens with zero attached hydrogens (tertiary/aromatic N) is 4. The Morgan fingerprint density at radius 3 is 2.82 bits per heavy atom. The van der Waals surface area contributed by atoms with Crippen LogP contribution in [0.4, 0.5) is 5.82 Å². The summed E-state index contributed by atoms with van der Waals surface area (Å²) >= 11 is 0. The molecule has 2 aromatic heterocycles. The normalized spacial score (nSPS) is 10.9. The lowest BCUT2D eigenvalue weighted by molar-refractivity contribution is 0.181. The Labute approximate surface area is 163 Å². The molecule has 28 heavy (non-hydrogen) atoms. The van der Waals surface area contributed by atoms with Gasteiger partial charge in [-0.2, -0.15) is 14.6 Å². The van der Waals surface area contributed by atoms with Crippen LogP contribution < -0.4 is 10.1 Å². The standard InChI is InChI=1S/C21H21N5O2/c1-15-6-5-8-18(10-15)28-19-9-4-3-7-16(19)12-22-20-11-17(13-27-2)25-21-23-14-24-26(20)21/h3-11,14,22H,12-13H2,1-2H3. The molecule has 0 radical (unpaired) electrons. The van der Waals surface area contributed by atoms with E-state index in [2.05, 4.69) is 20.4 Å². The molecule has 4 rings (SSSR count). The summed E-state index contributed by atoms with van der Waals surface area (Å²) in [5, 5.41) is 7.65. The highest BCUT2D eigenvalue weighted by Gasteiger charge is 2.10. The van der Waals surface area contributed by atoms with Crippen molar-refractivity contribution in [3.8, 4) is 11.5 Å². The molecule has 7 heteroatoms. The van der Waals surface area contributed by atoms with Crippen LogP contribution in [0.2, 0.25) is 0 Å². The van der Waals surface area contributed by atoms with Gasteiger partial charge in [-0.3, -0.25) is 0 Å². The van der Waals surface area contributed by atoms with Crippen molar-refractivity contribution >= 4 is 11.6 Å². The van der Waals surface area contributed by atoms with Gasteiger partial charge in [-0.1, -0.05) is 30.3 Å². The fraction of sp³-hybridized carbons (Fsp3) is 0.190. The van der Waals surface area contributed by atoms with Crippen molar-refractivity contribution in [2.75, 3.05) is 12.4 Å². The molecule has 0 saturated heterocycles. The Balaban J connectivity index is 1.57. The lowest BCUT2D eigenvalue weighted by Gasteiger charge is -2.14.